The van der Waals surface area contributed by atoms with Gasteiger partial charge in [0.1, 0.15) is 11.4 Å². The van der Waals surface area contributed by atoms with Gasteiger partial charge in [-0.15, -0.1) is 5.10 Å². The van der Waals surface area contributed by atoms with E-state index in [1.165, 1.54) is 0 Å². The number of hydrogen-bond acceptors (Lipinski definition) is 4. The summed E-state index contributed by atoms with van der Waals surface area (Å²) in [5.41, 5.74) is 10.9. The molecule has 3 rings (SSSR count). The average Bonchev–Trinajstić information content (AvgIpc) is 2.84. The van der Waals surface area contributed by atoms with Crippen molar-refractivity contribution < 1.29 is 5.11 Å². The molecule has 0 aliphatic carbocycles. The van der Waals surface area contributed by atoms with Crippen LogP contribution in [0.25, 0.3) is 16.9 Å². The van der Waals surface area contributed by atoms with E-state index in [9.17, 15) is 5.11 Å². The van der Waals surface area contributed by atoms with Gasteiger partial charge in [-0.3, -0.25) is 0 Å². The van der Waals surface area contributed by atoms with E-state index in [1.807, 2.05) is 19.9 Å². The van der Waals surface area contributed by atoms with Crippen LogP contribution in [0, 0.1) is 13.8 Å². The molecule has 0 atom stereocenters. The number of phenols is 1. The molecule has 1 heterocycles. The zero-order valence-corrected chi connectivity index (χ0v) is 11.9. The van der Waals surface area contributed by atoms with Gasteiger partial charge in [-0.2, -0.15) is 4.68 Å². The molecule has 3 aromatic rings. The van der Waals surface area contributed by atoms with Crippen LogP contribution < -0.4 is 5.73 Å². The Labute approximate surface area is 122 Å². The predicted molar refractivity (Wildman–Crippen MR) is 82.3 cm³/mol. The number of rotatable bonds is 2. The molecule has 0 spiro atoms. The highest BCUT2D eigenvalue weighted by molar-refractivity contribution is 5.74. The second-order valence-electron chi connectivity index (χ2n) is 5.07. The lowest BCUT2D eigenvalue weighted by atomic mass is 10.0. The van der Waals surface area contributed by atoms with Gasteiger partial charge in [-0.1, -0.05) is 22.9 Å². The third-order valence-electron chi connectivity index (χ3n) is 3.45. The Bertz CT molecular complexity index is 791. The number of aromatic hydroxyl groups is 1. The van der Waals surface area contributed by atoms with Crippen LogP contribution in [0.1, 0.15) is 11.1 Å². The molecule has 0 unspecified atom stereocenters. The van der Waals surface area contributed by atoms with E-state index >= 15 is 0 Å². The van der Waals surface area contributed by atoms with Crippen molar-refractivity contribution in [3.05, 3.63) is 53.6 Å². The largest absolute Gasteiger partial charge is 0.508 e. The van der Waals surface area contributed by atoms with Gasteiger partial charge in [0.25, 0.3) is 0 Å². The number of aromatic nitrogens is 3. The molecule has 0 saturated heterocycles. The second kappa shape index (κ2) is 4.94. The highest BCUT2D eigenvalue weighted by atomic mass is 16.3. The quantitative estimate of drug-likeness (QED) is 0.756. The molecule has 5 nitrogen and oxygen atoms in total. The first-order valence-electron chi connectivity index (χ1n) is 6.64. The number of phenolic OH excluding ortho intramolecular Hbond substituents is 1. The van der Waals surface area contributed by atoms with Gasteiger partial charge in [0.05, 0.1) is 5.69 Å². The fourth-order valence-electron chi connectivity index (χ4n) is 2.26. The standard InChI is InChI=1S/C16H16N4O/c1-10-3-4-11(2)14(9-10)15-16(17)20(19-18-15)12-5-7-13(21)8-6-12/h3-9,21H,17H2,1-2H3. The molecule has 0 fully saturated rings. The van der Waals surface area contributed by atoms with Gasteiger partial charge in [0, 0.05) is 5.56 Å². The van der Waals surface area contributed by atoms with Crippen LogP contribution >= 0.6 is 0 Å². The lowest BCUT2D eigenvalue weighted by molar-refractivity contribution is 0.475. The molecule has 5 heteroatoms. The third-order valence-corrected chi connectivity index (χ3v) is 3.45. The molecular weight excluding hydrogens is 264 g/mol. The summed E-state index contributed by atoms with van der Waals surface area (Å²) in [7, 11) is 0. The van der Waals surface area contributed by atoms with Crippen molar-refractivity contribution in [2.24, 2.45) is 0 Å². The first-order valence-corrected chi connectivity index (χ1v) is 6.64. The molecule has 3 N–H and O–H groups in total. The number of benzene rings is 2. The molecule has 21 heavy (non-hydrogen) atoms. The van der Waals surface area contributed by atoms with E-state index in [-0.39, 0.29) is 5.75 Å². The highest BCUT2D eigenvalue weighted by Gasteiger charge is 2.15. The van der Waals surface area contributed by atoms with E-state index in [0.717, 1.165) is 22.4 Å². The summed E-state index contributed by atoms with van der Waals surface area (Å²) in [5.74, 6) is 0.682. The Balaban J connectivity index is 2.11. The van der Waals surface area contributed by atoms with Crippen molar-refractivity contribution in [2.75, 3.05) is 5.73 Å². The van der Waals surface area contributed by atoms with Gasteiger partial charge in [-0.05, 0) is 49.7 Å². The number of nitrogen functional groups attached to an aromatic ring is 1. The molecule has 0 aliphatic rings. The first-order chi connectivity index (χ1) is 10.1. The maximum atomic E-state index is 9.35. The van der Waals surface area contributed by atoms with Gasteiger partial charge < -0.3 is 10.8 Å². The van der Waals surface area contributed by atoms with E-state index in [1.54, 1.807) is 28.9 Å². The minimum atomic E-state index is 0.201. The summed E-state index contributed by atoms with van der Waals surface area (Å²) >= 11 is 0. The number of hydrogen-bond donors (Lipinski definition) is 2. The number of nitrogens with zero attached hydrogens (tertiary/aromatic N) is 3. The normalized spacial score (nSPS) is 10.8. The van der Waals surface area contributed by atoms with Gasteiger partial charge >= 0.3 is 0 Å². The van der Waals surface area contributed by atoms with Crippen LogP contribution in [0.3, 0.4) is 0 Å². The van der Waals surface area contributed by atoms with Crippen molar-refractivity contribution in [3.63, 3.8) is 0 Å². The van der Waals surface area contributed by atoms with Crippen molar-refractivity contribution in [3.8, 4) is 22.7 Å². The SMILES string of the molecule is Cc1ccc(C)c(-c2nnn(-c3ccc(O)cc3)c2N)c1. The molecule has 0 radical (unpaired) electrons. The average molecular weight is 280 g/mol. The van der Waals surface area contributed by atoms with Crippen LogP contribution in [-0.2, 0) is 0 Å². The van der Waals surface area contributed by atoms with E-state index in [0.29, 0.717) is 11.5 Å². The summed E-state index contributed by atoms with van der Waals surface area (Å²) in [6.07, 6.45) is 0. The van der Waals surface area contributed by atoms with Gasteiger partial charge in [0.15, 0.2) is 5.82 Å². The van der Waals surface area contributed by atoms with Crippen molar-refractivity contribution >= 4 is 5.82 Å². The Morgan fingerprint density at radius 3 is 2.48 bits per heavy atom. The van der Waals surface area contributed by atoms with Gasteiger partial charge in [0.2, 0.25) is 0 Å². The number of aryl methyl sites for hydroxylation is 2. The van der Waals surface area contributed by atoms with Crippen LogP contribution in [0.15, 0.2) is 42.5 Å². The van der Waals surface area contributed by atoms with Crippen LogP contribution in [0.4, 0.5) is 5.82 Å². The van der Waals surface area contributed by atoms with Crippen molar-refractivity contribution in [2.45, 2.75) is 13.8 Å². The van der Waals surface area contributed by atoms with Crippen molar-refractivity contribution in [1.29, 1.82) is 0 Å². The van der Waals surface area contributed by atoms with E-state index in [4.69, 9.17) is 5.73 Å². The lowest BCUT2D eigenvalue weighted by Gasteiger charge is -2.06. The molecule has 0 bridgehead atoms. The molecule has 0 amide bonds. The van der Waals surface area contributed by atoms with E-state index < -0.39 is 0 Å². The zero-order valence-electron chi connectivity index (χ0n) is 11.9. The third kappa shape index (κ3) is 2.33. The molecular formula is C16H16N4O. The highest BCUT2D eigenvalue weighted by Crippen LogP contribution is 2.29. The van der Waals surface area contributed by atoms with Gasteiger partial charge in [-0.25, -0.2) is 0 Å². The Hall–Kier alpha value is -2.82. The fraction of sp³-hybridized carbons (Fsp3) is 0.125. The van der Waals surface area contributed by atoms with E-state index in [2.05, 4.69) is 22.4 Å². The lowest BCUT2D eigenvalue weighted by Crippen LogP contribution is -2.02. The molecule has 0 saturated carbocycles. The Kier molecular flexibility index (Phi) is 3.10. The summed E-state index contributed by atoms with van der Waals surface area (Å²) < 4.78 is 1.57. The molecule has 2 aromatic carbocycles. The molecule has 1 aromatic heterocycles. The van der Waals surface area contributed by atoms with Crippen LogP contribution in [0.2, 0.25) is 0 Å². The summed E-state index contributed by atoms with van der Waals surface area (Å²) in [6, 6.07) is 12.8. The predicted octanol–water partition coefficient (Wildman–Crippen LogP) is 2.84. The maximum absolute atomic E-state index is 9.35. The topological polar surface area (TPSA) is 77.0 Å². The Morgan fingerprint density at radius 1 is 1.05 bits per heavy atom. The Morgan fingerprint density at radius 2 is 1.76 bits per heavy atom. The minimum absolute atomic E-state index is 0.201. The van der Waals surface area contributed by atoms with Crippen molar-refractivity contribution in [1.82, 2.24) is 15.0 Å². The monoisotopic (exact) mass is 280 g/mol. The molecule has 0 aliphatic heterocycles. The maximum Gasteiger partial charge on any atom is 0.155 e. The fourth-order valence-corrected chi connectivity index (χ4v) is 2.26. The summed E-state index contributed by atoms with van der Waals surface area (Å²) in [4.78, 5) is 0. The minimum Gasteiger partial charge on any atom is -0.508 e. The first kappa shape index (κ1) is 13.2. The smallest absolute Gasteiger partial charge is 0.155 e. The number of nitrogens with two attached hydrogens (primary N) is 1. The summed E-state index contributed by atoms with van der Waals surface area (Å²) in [5, 5.41) is 17.7. The zero-order chi connectivity index (χ0) is 15.0. The summed E-state index contributed by atoms with van der Waals surface area (Å²) in [6.45, 7) is 4.05. The number of anilines is 1. The van der Waals surface area contributed by atoms with Crippen LogP contribution in [-0.4, -0.2) is 20.1 Å². The van der Waals surface area contributed by atoms with Crippen LogP contribution in [0.5, 0.6) is 5.75 Å². The molecule has 106 valence electrons. The second-order valence-corrected chi connectivity index (χ2v) is 5.07.